The third kappa shape index (κ3) is 3.93. The first-order valence-corrected chi connectivity index (χ1v) is 8.38. The molecule has 8 heteroatoms. The van der Waals surface area contributed by atoms with Gasteiger partial charge in [0.2, 0.25) is 0 Å². The minimum Gasteiger partial charge on any atom is -0.384 e. The minimum absolute atomic E-state index is 0.0872. The number of H-pyrrole nitrogens is 1. The summed E-state index contributed by atoms with van der Waals surface area (Å²) in [5.74, 6) is -0.434. The zero-order valence-electron chi connectivity index (χ0n) is 14.3. The number of aromatic amines is 1. The van der Waals surface area contributed by atoms with Gasteiger partial charge in [0.1, 0.15) is 11.4 Å². The van der Waals surface area contributed by atoms with Gasteiger partial charge in [-0.1, -0.05) is 13.3 Å². The second-order valence-electron chi connectivity index (χ2n) is 6.12. The van der Waals surface area contributed by atoms with Crippen LogP contribution >= 0.6 is 0 Å². The van der Waals surface area contributed by atoms with Crippen LogP contribution in [0.25, 0.3) is 0 Å². The summed E-state index contributed by atoms with van der Waals surface area (Å²) in [6.07, 6.45) is 4.23. The van der Waals surface area contributed by atoms with Gasteiger partial charge in [0, 0.05) is 13.2 Å². The molecule has 0 aromatic carbocycles. The lowest BCUT2D eigenvalue weighted by atomic mass is 9.99. The number of rotatable bonds is 7. The minimum atomic E-state index is -0.721. The van der Waals surface area contributed by atoms with Crippen LogP contribution in [-0.4, -0.2) is 53.1 Å². The number of hydrogen-bond acceptors (Lipinski definition) is 6. The number of nitrogens with two attached hydrogens (primary N) is 1. The molecule has 2 heterocycles. The third-order valence-electron chi connectivity index (χ3n) is 4.60. The van der Waals surface area contributed by atoms with Crippen molar-refractivity contribution in [1.82, 2.24) is 14.5 Å². The van der Waals surface area contributed by atoms with Crippen molar-refractivity contribution in [1.29, 1.82) is 0 Å². The van der Waals surface area contributed by atoms with Gasteiger partial charge in [-0.3, -0.25) is 24.0 Å². The van der Waals surface area contributed by atoms with E-state index >= 15 is 0 Å². The Morgan fingerprint density at radius 2 is 2.12 bits per heavy atom. The van der Waals surface area contributed by atoms with Crippen molar-refractivity contribution in [3.05, 3.63) is 26.4 Å². The van der Waals surface area contributed by atoms with Crippen LogP contribution in [0.5, 0.6) is 0 Å². The summed E-state index contributed by atoms with van der Waals surface area (Å²) in [6, 6.07) is 0.349. The van der Waals surface area contributed by atoms with Crippen molar-refractivity contribution in [3.63, 3.8) is 0 Å². The van der Waals surface area contributed by atoms with E-state index in [0.717, 1.165) is 32.2 Å². The van der Waals surface area contributed by atoms with Gasteiger partial charge in [-0.05, 0) is 25.8 Å². The fourth-order valence-electron chi connectivity index (χ4n) is 3.26. The Bertz CT molecular complexity index is 694. The lowest BCUT2D eigenvalue weighted by molar-refractivity contribution is 0.0836. The predicted molar refractivity (Wildman–Crippen MR) is 91.4 cm³/mol. The Morgan fingerprint density at radius 1 is 1.38 bits per heavy atom. The SMILES string of the molecule is CCC1CCCCN1CC(=O)c1c(N)n(CCOC)c(=O)[nH]c1=O. The molecule has 0 amide bonds. The Hall–Kier alpha value is -1.93. The van der Waals surface area contributed by atoms with Gasteiger partial charge < -0.3 is 10.5 Å². The molecule has 8 nitrogen and oxygen atoms in total. The molecule has 0 saturated carbocycles. The van der Waals surface area contributed by atoms with Crippen molar-refractivity contribution in [3.8, 4) is 0 Å². The molecule has 1 saturated heterocycles. The van der Waals surface area contributed by atoms with Crippen LogP contribution in [0.15, 0.2) is 9.59 Å². The predicted octanol–water partition coefficient (Wildman–Crippen LogP) is 0.212. The van der Waals surface area contributed by atoms with Gasteiger partial charge in [0.15, 0.2) is 5.78 Å². The molecule has 1 aliphatic heterocycles. The van der Waals surface area contributed by atoms with Crippen LogP contribution in [0, 0.1) is 0 Å². The number of piperidine rings is 1. The van der Waals surface area contributed by atoms with Crippen molar-refractivity contribution in [2.45, 2.75) is 45.2 Å². The normalized spacial score (nSPS) is 18.7. The molecular weight excluding hydrogens is 312 g/mol. The van der Waals surface area contributed by atoms with Gasteiger partial charge in [-0.25, -0.2) is 4.79 Å². The van der Waals surface area contributed by atoms with Gasteiger partial charge in [0.05, 0.1) is 19.7 Å². The van der Waals surface area contributed by atoms with E-state index in [-0.39, 0.29) is 36.9 Å². The smallest absolute Gasteiger partial charge is 0.330 e. The lowest BCUT2D eigenvalue weighted by Gasteiger charge is -2.34. The summed E-state index contributed by atoms with van der Waals surface area (Å²) in [5, 5.41) is 0. The number of carbonyl (C=O) groups is 1. The van der Waals surface area contributed by atoms with Crippen molar-refractivity contribution in [2.75, 3.05) is 32.5 Å². The van der Waals surface area contributed by atoms with E-state index in [2.05, 4.69) is 16.8 Å². The Labute approximate surface area is 140 Å². The first-order chi connectivity index (χ1) is 11.5. The molecule has 0 bridgehead atoms. The van der Waals surface area contributed by atoms with E-state index in [1.54, 1.807) is 0 Å². The highest BCUT2D eigenvalue weighted by Gasteiger charge is 2.26. The topological polar surface area (TPSA) is 110 Å². The highest BCUT2D eigenvalue weighted by molar-refractivity contribution is 6.01. The number of methoxy groups -OCH3 is 1. The number of Topliss-reactive ketones (excluding diaryl/α,β-unsaturated/α-hetero) is 1. The van der Waals surface area contributed by atoms with Crippen LogP contribution in [0.2, 0.25) is 0 Å². The highest BCUT2D eigenvalue weighted by Crippen LogP contribution is 2.20. The van der Waals surface area contributed by atoms with E-state index in [4.69, 9.17) is 10.5 Å². The van der Waals surface area contributed by atoms with Crippen LogP contribution in [0.4, 0.5) is 5.82 Å². The maximum absolute atomic E-state index is 12.7. The molecule has 3 N–H and O–H groups in total. The molecule has 1 aliphatic rings. The van der Waals surface area contributed by atoms with Crippen LogP contribution < -0.4 is 17.0 Å². The Morgan fingerprint density at radius 3 is 2.79 bits per heavy atom. The largest absolute Gasteiger partial charge is 0.384 e. The lowest BCUT2D eigenvalue weighted by Crippen LogP contribution is -2.44. The zero-order chi connectivity index (χ0) is 17.7. The summed E-state index contributed by atoms with van der Waals surface area (Å²) >= 11 is 0. The molecule has 1 atom stereocenters. The average Bonchev–Trinajstić information content (AvgIpc) is 2.54. The highest BCUT2D eigenvalue weighted by atomic mass is 16.5. The molecule has 1 aromatic rings. The molecule has 1 aromatic heterocycles. The summed E-state index contributed by atoms with van der Waals surface area (Å²) in [5.41, 5.74) is 4.46. The zero-order valence-corrected chi connectivity index (χ0v) is 14.3. The number of nitrogens with zero attached hydrogens (tertiary/aromatic N) is 2. The summed E-state index contributed by atoms with van der Waals surface area (Å²) in [7, 11) is 1.50. The number of ether oxygens (including phenoxy) is 1. The molecule has 2 rings (SSSR count). The number of nitrogens with one attached hydrogen (secondary N) is 1. The molecule has 0 spiro atoms. The van der Waals surface area contributed by atoms with Gasteiger partial charge in [0.25, 0.3) is 5.56 Å². The number of anilines is 1. The molecule has 24 heavy (non-hydrogen) atoms. The number of hydrogen-bond donors (Lipinski definition) is 2. The number of nitrogen functional groups attached to an aromatic ring is 1. The fourth-order valence-corrected chi connectivity index (χ4v) is 3.26. The van der Waals surface area contributed by atoms with E-state index in [1.807, 2.05) is 0 Å². The van der Waals surface area contributed by atoms with E-state index in [9.17, 15) is 14.4 Å². The monoisotopic (exact) mass is 338 g/mol. The number of ketones is 1. The molecule has 1 fully saturated rings. The standard InChI is InChI=1S/C16H26N4O4/c1-3-11-6-4-5-7-19(11)10-12(21)13-14(17)20(8-9-24-2)16(23)18-15(13)22/h11H,3-10,17H2,1-2H3,(H,18,22,23). The van der Waals surface area contributed by atoms with Gasteiger partial charge in [-0.2, -0.15) is 0 Å². The van der Waals surface area contributed by atoms with Crippen molar-refractivity contribution < 1.29 is 9.53 Å². The van der Waals surface area contributed by atoms with Gasteiger partial charge in [-0.15, -0.1) is 0 Å². The maximum Gasteiger partial charge on any atom is 0.330 e. The number of carbonyl (C=O) groups excluding carboxylic acids is 1. The van der Waals surface area contributed by atoms with E-state index < -0.39 is 11.2 Å². The van der Waals surface area contributed by atoms with E-state index in [0.29, 0.717) is 6.04 Å². The first kappa shape index (κ1) is 18.4. The second-order valence-corrected chi connectivity index (χ2v) is 6.12. The summed E-state index contributed by atoms with van der Waals surface area (Å²) in [4.78, 5) is 40.9. The average molecular weight is 338 g/mol. The van der Waals surface area contributed by atoms with Crippen LogP contribution in [0.1, 0.15) is 43.0 Å². The Balaban J connectivity index is 2.28. The van der Waals surface area contributed by atoms with Crippen LogP contribution in [0.3, 0.4) is 0 Å². The molecule has 0 aliphatic carbocycles. The molecule has 134 valence electrons. The molecule has 1 unspecified atom stereocenters. The Kier molecular flexibility index (Phi) is 6.33. The van der Waals surface area contributed by atoms with Crippen molar-refractivity contribution >= 4 is 11.6 Å². The number of aromatic nitrogens is 2. The first-order valence-electron chi connectivity index (χ1n) is 8.38. The molecule has 0 radical (unpaired) electrons. The van der Waals surface area contributed by atoms with Crippen LogP contribution in [-0.2, 0) is 11.3 Å². The number of likely N-dealkylation sites (tertiary alicyclic amines) is 1. The maximum atomic E-state index is 12.7. The van der Waals surface area contributed by atoms with Gasteiger partial charge >= 0.3 is 5.69 Å². The summed E-state index contributed by atoms with van der Waals surface area (Å²) in [6.45, 7) is 3.52. The third-order valence-corrected chi connectivity index (χ3v) is 4.60. The second kappa shape index (κ2) is 8.25. The quantitative estimate of drug-likeness (QED) is 0.688. The van der Waals surface area contributed by atoms with E-state index in [1.165, 1.54) is 11.7 Å². The fraction of sp³-hybridized carbons (Fsp3) is 0.688. The molecular formula is C16H26N4O4. The van der Waals surface area contributed by atoms with Crippen molar-refractivity contribution in [2.24, 2.45) is 0 Å². The summed E-state index contributed by atoms with van der Waals surface area (Å²) < 4.78 is 6.11.